The summed E-state index contributed by atoms with van der Waals surface area (Å²) in [6, 6.07) is 17.2. The molecule has 1 heterocycles. The summed E-state index contributed by atoms with van der Waals surface area (Å²) in [5.74, 6) is 1.01. The van der Waals surface area contributed by atoms with Crippen molar-refractivity contribution < 1.29 is 14.3 Å². The van der Waals surface area contributed by atoms with E-state index in [1.807, 2.05) is 37.3 Å². The average Bonchev–Trinajstić information content (AvgIpc) is 3.11. The summed E-state index contributed by atoms with van der Waals surface area (Å²) >= 11 is 0. The average molecular weight is 405 g/mol. The number of nitrogens with one attached hydrogen (secondary N) is 1. The first-order valence-corrected chi connectivity index (χ1v) is 9.83. The molecular formula is C24H27N3O3. The van der Waals surface area contributed by atoms with E-state index < -0.39 is 0 Å². The van der Waals surface area contributed by atoms with Gasteiger partial charge in [-0.05, 0) is 74.9 Å². The minimum absolute atomic E-state index is 0.256. The Hall–Kier alpha value is -3.54. The van der Waals surface area contributed by atoms with E-state index in [2.05, 4.69) is 41.1 Å². The molecule has 1 N–H and O–H groups in total. The SMILES string of the molecule is CC/C(=N\NC(=O)c1ccc(-n2c(C)ccc2C)cc1)c1ccc(OC)c(OC)c1. The molecule has 6 heteroatoms. The van der Waals surface area contributed by atoms with Crippen molar-refractivity contribution in [1.29, 1.82) is 0 Å². The third-order valence-corrected chi connectivity index (χ3v) is 5.00. The van der Waals surface area contributed by atoms with E-state index in [-0.39, 0.29) is 5.91 Å². The Morgan fingerprint density at radius 3 is 2.07 bits per heavy atom. The van der Waals surface area contributed by atoms with Gasteiger partial charge in [-0.1, -0.05) is 6.92 Å². The molecule has 0 radical (unpaired) electrons. The van der Waals surface area contributed by atoms with Gasteiger partial charge in [0.25, 0.3) is 5.91 Å². The molecule has 1 aromatic heterocycles. The summed E-state index contributed by atoms with van der Waals surface area (Å²) in [6.45, 7) is 6.10. The number of hydrazone groups is 1. The summed E-state index contributed by atoms with van der Waals surface area (Å²) in [4.78, 5) is 12.6. The van der Waals surface area contributed by atoms with E-state index in [9.17, 15) is 4.79 Å². The Labute approximate surface area is 177 Å². The zero-order valence-electron chi connectivity index (χ0n) is 18.0. The third-order valence-electron chi connectivity index (χ3n) is 5.00. The molecule has 156 valence electrons. The Morgan fingerprint density at radius 2 is 1.50 bits per heavy atom. The topological polar surface area (TPSA) is 64.9 Å². The quantitative estimate of drug-likeness (QED) is 0.459. The molecule has 0 saturated heterocycles. The highest BCUT2D eigenvalue weighted by atomic mass is 16.5. The molecule has 0 aliphatic rings. The van der Waals surface area contributed by atoms with Gasteiger partial charge in [-0.2, -0.15) is 5.10 Å². The van der Waals surface area contributed by atoms with Gasteiger partial charge in [-0.15, -0.1) is 0 Å². The molecule has 3 rings (SSSR count). The van der Waals surface area contributed by atoms with Crippen LogP contribution in [-0.2, 0) is 0 Å². The number of carbonyl (C=O) groups is 1. The first kappa shape index (κ1) is 21.2. The Kier molecular flexibility index (Phi) is 6.57. The fourth-order valence-electron chi connectivity index (χ4n) is 3.38. The second kappa shape index (κ2) is 9.31. The van der Waals surface area contributed by atoms with E-state index in [1.54, 1.807) is 26.4 Å². The van der Waals surface area contributed by atoms with E-state index >= 15 is 0 Å². The van der Waals surface area contributed by atoms with Gasteiger partial charge in [0.15, 0.2) is 11.5 Å². The number of aromatic nitrogens is 1. The predicted octanol–water partition coefficient (Wildman–Crippen LogP) is 4.66. The summed E-state index contributed by atoms with van der Waals surface area (Å²) in [5.41, 5.74) is 8.15. The second-order valence-corrected chi connectivity index (χ2v) is 6.92. The number of nitrogens with zero attached hydrogens (tertiary/aromatic N) is 2. The lowest BCUT2D eigenvalue weighted by Crippen LogP contribution is -2.20. The van der Waals surface area contributed by atoms with Gasteiger partial charge in [0.1, 0.15) is 0 Å². The van der Waals surface area contributed by atoms with Gasteiger partial charge in [0.05, 0.1) is 19.9 Å². The number of ether oxygens (including phenoxy) is 2. The maximum absolute atomic E-state index is 12.6. The maximum Gasteiger partial charge on any atom is 0.271 e. The van der Waals surface area contributed by atoms with Crippen molar-refractivity contribution in [3.63, 3.8) is 0 Å². The maximum atomic E-state index is 12.6. The fraction of sp³-hybridized carbons (Fsp3) is 0.250. The number of amides is 1. The van der Waals surface area contributed by atoms with Gasteiger partial charge in [-0.3, -0.25) is 4.79 Å². The fourth-order valence-corrected chi connectivity index (χ4v) is 3.38. The lowest BCUT2D eigenvalue weighted by atomic mass is 10.1. The van der Waals surface area contributed by atoms with Crippen molar-refractivity contribution in [1.82, 2.24) is 9.99 Å². The Morgan fingerprint density at radius 1 is 0.900 bits per heavy atom. The van der Waals surface area contributed by atoms with Gasteiger partial charge >= 0.3 is 0 Å². The van der Waals surface area contributed by atoms with Crippen LogP contribution in [0.5, 0.6) is 11.5 Å². The highest BCUT2D eigenvalue weighted by Crippen LogP contribution is 2.28. The van der Waals surface area contributed by atoms with Crippen molar-refractivity contribution in [3.05, 3.63) is 77.1 Å². The zero-order valence-corrected chi connectivity index (χ0v) is 18.0. The highest BCUT2D eigenvalue weighted by molar-refractivity contribution is 6.02. The number of rotatable bonds is 7. The minimum atomic E-state index is -0.256. The van der Waals surface area contributed by atoms with Crippen molar-refractivity contribution in [2.24, 2.45) is 5.10 Å². The number of methoxy groups -OCH3 is 2. The lowest BCUT2D eigenvalue weighted by Gasteiger charge is -2.11. The van der Waals surface area contributed by atoms with Crippen LogP contribution in [-0.4, -0.2) is 30.4 Å². The van der Waals surface area contributed by atoms with E-state index in [4.69, 9.17) is 9.47 Å². The summed E-state index contributed by atoms with van der Waals surface area (Å²) in [6.07, 6.45) is 0.654. The standard InChI is InChI=1S/C24H27N3O3/c1-6-21(19-11-14-22(29-4)23(15-19)30-5)25-26-24(28)18-9-12-20(13-10-18)27-16(2)7-8-17(27)3/h7-15H,6H2,1-5H3,(H,26,28)/b25-21+. The molecule has 0 saturated carbocycles. The molecule has 2 aromatic carbocycles. The number of hydrogen-bond acceptors (Lipinski definition) is 4. The molecule has 3 aromatic rings. The molecule has 0 bridgehead atoms. The van der Waals surface area contributed by atoms with Crippen molar-refractivity contribution in [2.45, 2.75) is 27.2 Å². The molecule has 0 aliphatic heterocycles. The normalized spacial score (nSPS) is 11.3. The largest absolute Gasteiger partial charge is 0.493 e. The van der Waals surface area contributed by atoms with Crippen LogP contribution in [0, 0.1) is 13.8 Å². The van der Waals surface area contributed by atoms with E-state index in [0.29, 0.717) is 23.5 Å². The molecular weight excluding hydrogens is 378 g/mol. The highest BCUT2D eigenvalue weighted by Gasteiger charge is 2.11. The first-order valence-electron chi connectivity index (χ1n) is 9.83. The molecule has 1 amide bonds. The van der Waals surface area contributed by atoms with Crippen molar-refractivity contribution in [3.8, 4) is 17.2 Å². The number of benzene rings is 2. The van der Waals surface area contributed by atoms with Gasteiger partial charge < -0.3 is 14.0 Å². The monoisotopic (exact) mass is 405 g/mol. The molecule has 6 nitrogen and oxygen atoms in total. The lowest BCUT2D eigenvalue weighted by molar-refractivity contribution is 0.0955. The molecule has 30 heavy (non-hydrogen) atoms. The van der Waals surface area contributed by atoms with Gasteiger partial charge in [-0.25, -0.2) is 5.43 Å². The van der Waals surface area contributed by atoms with E-state index in [1.165, 1.54) is 0 Å². The number of aryl methyl sites for hydroxylation is 2. The molecule has 0 fully saturated rings. The van der Waals surface area contributed by atoms with E-state index in [0.717, 1.165) is 28.4 Å². The van der Waals surface area contributed by atoms with Crippen LogP contribution in [0.4, 0.5) is 0 Å². The van der Waals surface area contributed by atoms with Crippen LogP contribution in [0.25, 0.3) is 5.69 Å². The summed E-state index contributed by atoms with van der Waals surface area (Å²) in [7, 11) is 3.18. The van der Waals surface area contributed by atoms with Crippen LogP contribution in [0.15, 0.2) is 59.7 Å². The van der Waals surface area contributed by atoms with Crippen LogP contribution in [0.2, 0.25) is 0 Å². The van der Waals surface area contributed by atoms with Crippen LogP contribution >= 0.6 is 0 Å². The first-order chi connectivity index (χ1) is 14.5. The van der Waals surface area contributed by atoms with Gasteiger partial charge in [0.2, 0.25) is 0 Å². The van der Waals surface area contributed by atoms with Crippen molar-refractivity contribution >= 4 is 11.6 Å². The summed E-state index contributed by atoms with van der Waals surface area (Å²) < 4.78 is 12.8. The minimum Gasteiger partial charge on any atom is -0.493 e. The predicted molar refractivity (Wildman–Crippen MR) is 119 cm³/mol. The van der Waals surface area contributed by atoms with Gasteiger partial charge in [0, 0.05) is 28.2 Å². The Balaban J connectivity index is 1.77. The smallest absolute Gasteiger partial charge is 0.271 e. The van der Waals surface area contributed by atoms with Crippen LogP contribution in [0.1, 0.15) is 40.7 Å². The van der Waals surface area contributed by atoms with Crippen LogP contribution < -0.4 is 14.9 Å². The Bertz CT molecular complexity index is 1050. The van der Waals surface area contributed by atoms with Crippen molar-refractivity contribution in [2.75, 3.05) is 14.2 Å². The van der Waals surface area contributed by atoms with Crippen LogP contribution in [0.3, 0.4) is 0 Å². The zero-order chi connectivity index (χ0) is 21.7. The molecule has 0 spiro atoms. The number of hydrogen-bond donors (Lipinski definition) is 1. The second-order valence-electron chi connectivity index (χ2n) is 6.92. The molecule has 0 atom stereocenters. The summed E-state index contributed by atoms with van der Waals surface area (Å²) in [5, 5.41) is 4.34. The third kappa shape index (κ3) is 4.38. The number of carbonyl (C=O) groups excluding carboxylic acids is 1. The molecule has 0 aliphatic carbocycles. The molecule has 0 unspecified atom stereocenters.